The first-order valence-corrected chi connectivity index (χ1v) is 10.3. The summed E-state index contributed by atoms with van der Waals surface area (Å²) >= 11 is 3.40. The molecule has 31 heavy (non-hydrogen) atoms. The van der Waals surface area contributed by atoms with Crippen molar-refractivity contribution in [3.8, 4) is 11.8 Å². The summed E-state index contributed by atoms with van der Waals surface area (Å²) in [6.07, 6.45) is 1.43. The molecule has 6 heteroatoms. The molecule has 0 bridgehead atoms. The molecule has 1 amide bonds. The number of nitriles is 1. The maximum atomic E-state index is 13.8. The van der Waals surface area contributed by atoms with E-state index in [1.807, 2.05) is 38.1 Å². The minimum absolute atomic E-state index is 0.00843. The summed E-state index contributed by atoms with van der Waals surface area (Å²) in [4.78, 5) is 12.5. The number of para-hydroxylation sites is 1. The summed E-state index contributed by atoms with van der Waals surface area (Å²) in [6.45, 7) is 4.43. The molecule has 3 aromatic rings. The third-order valence-electron chi connectivity index (χ3n) is 4.72. The number of rotatable bonds is 6. The van der Waals surface area contributed by atoms with Crippen LogP contribution in [0.15, 0.2) is 70.7 Å². The Morgan fingerprint density at radius 3 is 2.61 bits per heavy atom. The molecule has 0 aliphatic rings. The summed E-state index contributed by atoms with van der Waals surface area (Å²) in [5.74, 6) is -0.756. The van der Waals surface area contributed by atoms with Crippen molar-refractivity contribution in [1.29, 1.82) is 5.26 Å². The van der Waals surface area contributed by atoms with Gasteiger partial charge in [-0.2, -0.15) is 5.26 Å². The van der Waals surface area contributed by atoms with Gasteiger partial charge in [-0.3, -0.25) is 4.79 Å². The Balaban J connectivity index is 1.84. The highest BCUT2D eigenvalue weighted by Crippen LogP contribution is 2.27. The van der Waals surface area contributed by atoms with Crippen LogP contribution in [0.2, 0.25) is 0 Å². The summed E-state index contributed by atoms with van der Waals surface area (Å²) in [5.41, 5.74) is 3.79. The van der Waals surface area contributed by atoms with Crippen LogP contribution >= 0.6 is 15.9 Å². The molecule has 3 aromatic carbocycles. The van der Waals surface area contributed by atoms with Crippen molar-refractivity contribution >= 4 is 33.6 Å². The molecule has 0 heterocycles. The normalized spacial score (nSPS) is 11.0. The van der Waals surface area contributed by atoms with Gasteiger partial charge in [0.2, 0.25) is 0 Å². The Hall–Kier alpha value is -3.43. The average molecular weight is 479 g/mol. The zero-order valence-corrected chi connectivity index (χ0v) is 18.7. The van der Waals surface area contributed by atoms with Crippen molar-refractivity contribution in [3.63, 3.8) is 0 Å². The fourth-order valence-electron chi connectivity index (χ4n) is 2.87. The maximum Gasteiger partial charge on any atom is 0.266 e. The van der Waals surface area contributed by atoms with Crippen LogP contribution in [-0.4, -0.2) is 5.91 Å². The minimum Gasteiger partial charge on any atom is -0.488 e. The van der Waals surface area contributed by atoms with E-state index in [1.54, 1.807) is 18.2 Å². The number of amides is 1. The molecule has 0 aliphatic heterocycles. The zero-order valence-electron chi connectivity index (χ0n) is 17.1. The van der Waals surface area contributed by atoms with Crippen molar-refractivity contribution in [3.05, 3.63) is 98.8 Å². The maximum absolute atomic E-state index is 13.8. The largest absolute Gasteiger partial charge is 0.488 e. The molecule has 0 aromatic heterocycles. The molecule has 0 radical (unpaired) electrons. The third-order valence-corrected chi connectivity index (χ3v) is 5.22. The van der Waals surface area contributed by atoms with Crippen LogP contribution in [0.4, 0.5) is 10.1 Å². The average Bonchev–Trinajstić information content (AvgIpc) is 2.75. The Kier molecular flexibility index (Phi) is 7.22. The smallest absolute Gasteiger partial charge is 0.266 e. The SMILES string of the molecule is Cc1ccc(COc2ccc(Br)cc2/C=C(\C#N)C(=O)Nc2ccccc2F)cc1C. The number of hydrogen-bond donors (Lipinski definition) is 1. The van der Waals surface area contributed by atoms with Gasteiger partial charge in [0.25, 0.3) is 5.91 Å². The number of carbonyl (C=O) groups is 1. The first kappa shape index (κ1) is 22.3. The number of anilines is 1. The van der Waals surface area contributed by atoms with E-state index < -0.39 is 11.7 Å². The number of halogens is 2. The second-order valence-electron chi connectivity index (χ2n) is 6.99. The number of nitrogens with one attached hydrogen (secondary N) is 1. The lowest BCUT2D eigenvalue weighted by atomic mass is 10.1. The van der Waals surface area contributed by atoms with Gasteiger partial charge in [0, 0.05) is 10.0 Å². The van der Waals surface area contributed by atoms with Gasteiger partial charge in [-0.25, -0.2) is 4.39 Å². The Bertz CT molecular complexity index is 1200. The lowest BCUT2D eigenvalue weighted by molar-refractivity contribution is -0.112. The molecular weight excluding hydrogens is 459 g/mol. The summed E-state index contributed by atoms with van der Waals surface area (Å²) in [6, 6.07) is 19.1. The van der Waals surface area contributed by atoms with Crippen LogP contribution < -0.4 is 10.1 Å². The van der Waals surface area contributed by atoms with E-state index in [2.05, 4.69) is 27.3 Å². The van der Waals surface area contributed by atoms with Crippen LogP contribution in [0.25, 0.3) is 6.08 Å². The second-order valence-corrected chi connectivity index (χ2v) is 7.91. The molecule has 0 unspecified atom stereocenters. The summed E-state index contributed by atoms with van der Waals surface area (Å²) in [5, 5.41) is 11.9. The first-order valence-electron chi connectivity index (χ1n) is 9.53. The van der Waals surface area contributed by atoms with Crippen LogP contribution in [0, 0.1) is 31.0 Å². The fraction of sp³-hybridized carbons (Fsp3) is 0.120. The molecule has 3 rings (SSSR count). The number of aryl methyl sites for hydroxylation is 2. The van der Waals surface area contributed by atoms with Crippen LogP contribution in [0.1, 0.15) is 22.3 Å². The highest BCUT2D eigenvalue weighted by atomic mass is 79.9. The van der Waals surface area contributed by atoms with Gasteiger partial charge in [0.15, 0.2) is 0 Å². The van der Waals surface area contributed by atoms with Gasteiger partial charge in [-0.15, -0.1) is 0 Å². The van der Waals surface area contributed by atoms with Gasteiger partial charge < -0.3 is 10.1 Å². The summed E-state index contributed by atoms with van der Waals surface area (Å²) < 4.78 is 20.6. The van der Waals surface area contributed by atoms with Gasteiger partial charge >= 0.3 is 0 Å². The first-order chi connectivity index (χ1) is 14.9. The van der Waals surface area contributed by atoms with E-state index in [9.17, 15) is 14.4 Å². The highest BCUT2D eigenvalue weighted by molar-refractivity contribution is 9.10. The van der Waals surface area contributed by atoms with Gasteiger partial charge in [-0.05, 0) is 66.9 Å². The van der Waals surface area contributed by atoms with E-state index in [0.717, 1.165) is 10.0 Å². The Morgan fingerprint density at radius 1 is 1.13 bits per heavy atom. The van der Waals surface area contributed by atoms with E-state index >= 15 is 0 Å². The predicted octanol–water partition coefficient (Wildman–Crippen LogP) is 6.33. The van der Waals surface area contributed by atoms with Crippen molar-refractivity contribution < 1.29 is 13.9 Å². The standard InChI is InChI=1S/C25H20BrFN2O2/c1-16-7-8-18(11-17(16)2)15-31-24-10-9-21(26)13-19(24)12-20(14-28)25(30)29-23-6-4-3-5-22(23)27/h3-13H,15H2,1-2H3,(H,29,30)/b20-12+. The van der Waals surface area contributed by atoms with Crippen molar-refractivity contribution in [2.45, 2.75) is 20.5 Å². The molecular formula is C25H20BrFN2O2. The Labute approximate surface area is 189 Å². The van der Waals surface area contributed by atoms with Crippen LogP contribution in [0.3, 0.4) is 0 Å². The van der Waals surface area contributed by atoms with Gasteiger partial charge in [-0.1, -0.05) is 46.3 Å². The molecule has 0 spiro atoms. The van der Waals surface area contributed by atoms with Crippen molar-refractivity contribution in [1.82, 2.24) is 0 Å². The second kappa shape index (κ2) is 10.1. The van der Waals surface area contributed by atoms with Gasteiger partial charge in [0.05, 0.1) is 5.69 Å². The van der Waals surface area contributed by atoms with Crippen molar-refractivity contribution in [2.24, 2.45) is 0 Å². The monoisotopic (exact) mass is 478 g/mol. The predicted molar refractivity (Wildman–Crippen MR) is 123 cm³/mol. The van der Waals surface area contributed by atoms with E-state index in [-0.39, 0.29) is 11.3 Å². The molecule has 156 valence electrons. The van der Waals surface area contributed by atoms with Crippen molar-refractivity contribution in [2.75, 3.05) is 5.32 Å². The molecule has 0 aliphatic carbocycles. The van der Waals surface area contributed by atoms with Crippen LogP contribution in [0.5, 0.6) is 5.75 Å². The third kappa shape index (κ3) is 5.80. The quantitative estimate of drug-likeness (QED) is 0.332. The van der Waals surface area contributed by atoms with E-state index in [1.165, 1.54) is 35.4 Å². The topological polar surface area (TPSA) is 62.1 Å². The zero-order chi connectivity index (χ0) is 22.4. The highest BCUT2D eigenvalue weighted by Gasteiger charge is 2.14. The number of nitrogens with zero attached hydrogens (tertiary/aromatic N) is 1. The number of benzene rings is 3. The minimum atomic E-state index is -0.701. The molecule has 0 fully saturated rings. The Morgan fingerprint density at radius 2 is 1.90 bits per heavy atom. The molecule has 0 atom stereocenters. The lowest BCUT2D eigenvalue weighted by Crippen LogP contribution is -2.14. The number of ether oxygens (including phenoxy) is 1. The number of carbonyl (C=O) groups excluding carboxylic acids is 1. The fourth-order valence-corrected chi connectivity index (χ4v) is 3.25. The molecule has 0 saturated carbocycles. The number of hydrogen-bond acceptors (Lipinski definition) is 3. The molecule has 0 saturated heterocycles. The molecule has 4 nitrogen and oxygen atoms in total. The van der Waals surface area contributed by atoms with E-state index in [4.69, 9.17) is 4.74 Å². The van der Waals surface area contributed by atoms with Gasteiger partial charge in [0.1, 0.15) is 29.8 Å². The lowest BCUT2D eigenvalue weighted by Gasteiger charge is -2.12. The molecule has 1 N–H and O–H groups in total. The summed E-state index contributed by atoms with van der Waals surface area (Å²) in [7, 11) is 0. The van der Waals surface area contributed by atoms with Crippen LogP contribution in [-0.2, 0) is 11.4 Å². The van der Waals surface area contributed by atoms with E-state index in [0.29, 0.717) is 17.9 Å².